The highest BCUT2D eigenvalue weighted by Crippen LogP contribution is 2.24. The van der Waals surface area contributed by atoms with Gasteiger partial charge in [-0.15, -0.1) is 0 Å². The maximum Gasteiger partial charge on any atom is 0.374 e. The Kier molecular flexibility index (Phi) is 3.05. The van der Waals surface area contributed by atoms with Crippen molar-refractivity contribution >= 4 is 5.97 Å². The maximum atomic E-state index is 10.8. The highest BCUT2D eigenvalue weighted by molar-refractivity contribution is 5.85. The van der Waals surface area contributed by atoms with E-state index in [0.717, 1.165) is 16.7 Å². The van der Waals surface area contributed by atoms with E-state index in [2.05, 4.69) is 5.16 Å². The Hall–Kier alpha value is -2.88. The van der Waals surface area contributed by atoms with Crippen molar-refractivity contribution in [2.24, 2.45) is 0 Å². The summed E-state index contributed by atoms with van der Waals surface area (Å²) in [6, 6.07) is 19.2. The Morgan fingerprint density at radius 1 is 0.900 bits per heavy atom. The average molecular weight is 265 g/mol. The van der Waals surface area contributed by atoms with E-state index in [-0.39, 0.29) is 5.76 Å². The minimum absolute atomic E-state index is 0.160. The molecule has 4 nitrogen and oxygen atoms in total. The number of rotatable bonds is 3. The normalized spacial score (nSPS) is 10.4. The smallest absolute Gasteiger partial charge is 0.374 e. The van der Waals surface area contributed by atoms with E-state index in [0.29, 0.717) is 5.69 Å². The molecule has 0 aliphatic carbocycles. The van der Waals surface area contributed by atoms with Crippen LogP contribution >= 0.6 is 0 Å². The molecular formula is C16H11NO3. The lowest BCUT2D eigenvalue weighted by atomic mass is 10.0. The van der Waals surface area contributed by atoms with Gasteiger partial charge in [0, 0.05) is 11.6 Å². The standard InChI is InChI=1S/C16H11NO3/c18-16(19)15-10-14(17-20-15)13-8-6-12(7-9-13)11-4-2-1-3-5-11/h1-10H,(H,18,19). The molecule has 0 fully saturated rings. The van der Waals surface area contributed by atoms with E-state index in [1.165, 1.54) is 6.07 Å². The second-order valence-corrected chi connectivity index (χ2v) is 4.32. The zero-order chi connectivity index (χ0) is 13.9. The van der Waals surface area contributed by atoms with Gasteiger partial charge >= 0.3 is 5.97 Å². The largest absolute Gasteiger partial charge is 0.475 e. The molecule has 0 spiro atoms. The van der Waals surface area contributed by atoms with Crippen LogP contribution in [0.2, 0.25) is 0 Å². The van der Waals surface area contributed by atoms with Crippen molar-refractivity contribution < 1.29 is 14.4 Å². The van der Waals surface area contributed by atoms with Crippen LogP contribution in [-0.4, -0.2) is 16.2 Å². The van der Waals surface area contributed by atoms with E-state index in [1.54, 1.807) is 0 Å². The zero-order valence-corrected chi connectivity index (χ0v) is 10.5. The fraction of sp³-hybridized carbons (Fsp3) is 0. The van der Waals surface area contributed by atoms with Crippen LogP contribution in [0.25, 0.3) is 22.4 Å². The summed E-state index contributed by atoms with van der Waals surface area (Å²) in [6.07, 6.45) is 0. The first-order valence-corrected chi connectivity index (χ1v) is 6.10. The lowest BCUT2D eigenvalue weighted by Gasteiger charge is -2.02. The molecule has 1 heterocycles. The monoisotopic (exact) mass is 265 g/mol. The molecule has 4 heteroatoms. The van der Waals surface area contributed by atoms with Crippen molar-refractivity contribution in [1.82, 2.24) is 5.16 Å². The van der Waals surface area contributed by atoms with E-state index in [4.69, 9.17) is 9.63 Å². The van der Waals surface area contributed by atoms with Gasteiger partial charge in [0.05, 0.1) is 0 Å². The fourth-order valence-electron chi connectivity index (χ4n) is 1.98. The van der Waals surface area contributed by atoms with Crippen LogP contribution in [0.5, 0.6) is 0 Å². The van der Waals surface area contributed by atoms with Gasteiger partial charge in [-0.05, 0) is 11.1 Å². The third-order valence-electron chi connectivity index (χ3n) is 3.01. The number of carboxylic acid groups (broad SMARTS) is 1. The van der Waals surface area contributed by atoms with Crippen LogP contribution in [0.1, 0.15) is 10.6 Å². The summed E-state index contributed by atoms with van der Waals surface area (Å²) in [5.74, 6) is -1.28. The molecule has 0 unspecified atom stereocenters. The van der Waals surface area contributed by atoms with Gasteiger partial charge in [0.15, 0.2) is 0 Å². The number of aromatic nitrogens is 1. The molecule has 0 aliphatic rings. The van der Waals surface area contributed by atoms with Crippen molar-refractivity contribution in [2.45, 2.75) is 0 Å². The molecule has 3 aromatic rings. The lowest BCUT2D eigenvalue weighted by Crippen LogP contribution is -1.91. The Morgan fingerprint density at radius 2 is 1.50 bits per heavy atom. The quantitative estimate of drug-likeness (QED) is 0.784. The van der Waals surface area contributed by atoms with Crippen molar-refractivity contribution in [2.75, 3.05) is 0 Å². The summed E-state index contributed by atoms with van der Waals surface area (Å²) in [4.78, 5) is 10.8. The molecule has 3 rings (SSSR count). The number of hydrogen-bond donors (Lipinski definition) is 1. The third-order valence-corrected chi connectivity index (χ3v) is 3.01. The van der Waals surface area contributed by atoms with Gasteiger partial charge in [-0.3, -0.25) is 0 Å². The highest BCUT2D eigenvalue weighted by atomic mass is 16.5. The fourth-order valence-corrected chi connectivity index (χ4v) is 1.98. The highest BCUT2D eigenvalue weighted by Gasteiger charge is 2.12. The molecule has 0 aliphatic heterocycles. The molecule has 0 saturated heterocycles. The van der Waals surface area contributed by atoms with Gasteiger partial charge in [-0.1, -0.05) is 59.8 Å². The molecule has 1 N–H and O–H groups in total. The van der Waals surface area contributed by atoms with E-state index < -0.39 is 5.97 Å². The number of hydrogen-bond acceptors (Lipinski definition) is 3. The maximum absolute atomic E-state index is 10.8. The summed E-state index contributed by atoms with van der Waals surface area (Å²) in [6.45, 7) is 0. The molecule has 1 aromatic heterocycles. The first-order valence-electron chi connectivity index (χ1n) is 6.10. The average Bonchev–Trinajstić information content (AvgIpc) is 2.98. The van der Waals surface area contributed by atoms with Crippen molar-refractivity contribution in [3.8, 4) is 22.4 Å². The Bertz CT molecular complexity index is 730. The predicted molar refractivity (Wildman–Crippen MR) is 74.3 cm³/mol. The minimum Gasteiger partial charge on any atom is -0.475 e. The third kappa shape index (κ3) is 2.31. The molecule has 98 valence electrons. The summed E-state index contributed by atoms with van der Waals surface area (Å²) in [5.41, 5.74) is 3.56. The summed E-state index contributed by atoms with van der Waals surface area (Å²) >= 11 is 0. The van der Waals surface area contributed by atoms with Crippen LogP contribution in [0.15, 0.2) is 65.2 Å². The number of carboxylic acids is 1. The van der Waals surface area contributed by atoms with Gasteiger partial charge in [0.2, 0.25) is 5.76 Å². The van der Waals surface area contributed by atoms with Crippen molar-refractivity contribution in [3.63, 3.8) is 0 Å². The predicted octanol–water partition coefficient (Wildman–Crippen LogP) is 3.71. The molecule has 0 atom stereocenters. The van der Waals surface area contributed by atoms with E-state index in [1.807, 2.05) is 54.6 Å². The first kappa shape index (κ1) is 12.2. The van der Waals surface area contributed by atoms with Crippen LogP contribution in [0.3, 0.4) is 0 Å². The van der Waals surface area contributed by atoms with Crippen LogP contribution < -0.4 is 0 Å². The molecular weight excluding hydrogens is 254 g/mol. The number of aromatic carboxylic acids is 1. The van der Waals surface area contributed by atoms with Gasteiger partial charge in [-0.25, -0.2) is 4.79 Å². The SMILES string of the molecule is O=C(O)c1cc(-c2ccc(-c3ccccc3)cc2)no1. The van der Waals surface area contributed by atoms with Gasteiger partial charge < -0.3 is 9.63 Å². The van der Waals surface area contributed by atoms with E-state index in [9.17, 15) is 4.79 Å². The Morgan fingerprint density at radius 3 is 2.10 bits per heavy atom. The molecule has 20 heavy (non-hydrogen) atoms. The minimum atomic E-state index is -1.12. The molecule has 0 saturated carbocycles. The molecule has 0 radical (unpaired) electrons. The summed E-state index contributed by atoms with van der Waals surface area (Å²) < 4.78 is 4.75. The Balaban J connectivity index is 1.91. The number of benzene rings is 2. The van der Waals surface area contributed by atoms with E-state index >= 15 is 0 Å². The summed E-state index contributed by atoms with van der Waals surface area (Å²) in [5, 5.41) is 12.6. The van der Waals surface area contributed by atoms with Crippen molar-refractivity contribution in [3.05, 3.63) is 66.4 Å². The van der Waals surface area contributed by atoms with Crippen LogP contribution in [-0.2, 0) is 0 Å². The van der Waals surface area contributed by atoms with Gasteiger partial charge in [0.1, 0.15) is 5.69 Å². The Labute approximate surface area is 115 Å². The lowest BCUT2D eigenvalue weighted by molar-refractivity contribution is 0.0652. The molecule has 0 amide bonds. The zero-order valence-electron chi connectivity index (χ0n) is 10.5. The summed E-state index contributed by atoms with van der Waals surface area (Å²) in [7, 11) is 0. The van der Waals surface area contributed by atoms with Crippen molar-refractivity contribution in [1.29, 1.82) is 0 Å². The molecule has 2 aromatic carbocycles. The van der Waals surface area contributed by atoms with Crippen LogP contribution in [0, 0.1) is 0 Å². The second kappa shape index (κ2) is 5.01. The molecule has 0 bridgehead atoms. The second-order valence-electron chi connectivity index (χ2n) is 4.32. The number of nitrogens with zero attached hydrogens (tertiary/aromatic N) is 1. The van der Waals surface area contributed by atoms with Gasteiger partial charge in [-0.2, -0.15) is 0 Å². The first-order chi connectivity index (χ1) is 9.74. The number of carbonyl (C=O) groups is 1. The van der Waals surface area contributed by atoms with Gasteiger partial charge in [0.25, 0.3) is 0 Å². The topological polar surface area (TPSA) is 63.3 Å². The van der Waals surface area contributed by atoms with Crippen LogP contribution in [0.4, 0.5) is 0 Å².